The zero-order valence-corrected chi connectivity index (χ0v) is 9.36. The number of hydrogen-bond donors (Lipinski definition) is 3. The number of hydrogen-bond acceptors (Lipinski definition) is 5. The summed E-state index contributed by atoms with van der Waals surface area (Å²) in [6, 6.07) is 2.89. The second kappa shape index (κ2) is 4.97. The van der Waals surface area contributed by atoms with Crippen LogP contribution in [0, 0.1) is 0 Å². The molecule has 1 fully saturated rings. The summed E-state index contributed by atoms with van der Waals surface area (Å²) in [4.78, 5) is 15.1. The number of amides is 1. The average molecular weight is 256 g/mol. The molecule has 0 saturated carbocycles. The van der Waals surface area contributed by atoms with E-state index in [0.717, 1.165) is 0 Å². The molecular formula is C11H13FN2O4. The molecule has 7 heteroatoms. The normalized spacial score (nSPS) is 31.5. The molecular weight excluding hydrogens is 243 g/mol. The molecule has 2 heterocycles. The Kier molecular flexibility index (Phi) is 3.55. The summed E-state index contributed by atoms with van der Waals surface area (Å²) in [7, 11) is 0. The number of halogens is 1. The molecule has 1 aromatic rings. The molecule has 1 aliphatic heterocycles. The molecule has 1 saturated heterocycles. The lowest BCUT2D eigenvalue weighted by Crippen LogP contribution is -2.30. The first-order chi connectivity index (χ1) is 8.56. The van der Waals surface area contributed by atoms with Gasteiger partial charge >= 0.3 is 0 Å². The molecule has 6 nitrogen and oxygen atoms in total. The van der Waals surface area contributed by atoms with Gasteiger partial charge in [-0.05, 0) is 12.1 Å². The van der Waals surface area contributed by atoms with Gasteiger partial charge in [-0.1, -0.05) is 0 Å². The molecule has 1 unspecified atom stereocenters. The molecule has 4 N–H and O–H groups in total. The average Bonchev–Trinajstić information content (AvgIpc) is 2.66. The fourth-order valence-electron chi connectivity index (χ4n) is 1.95. The quantitative estimate of drug-likeness (QED) is 0.664. The number of alkyl halides is 1. The lowest BCUT2D eigenvalue weighted by Gasteiger charge is -2.14. The fraction of sp³-hybridized carbons (Fsp3) is 0.455. The first-order valence-corrected chi connectivity index (χ1v) is 5.39. The number of ether oxygens (including phenoxy) is 1. The van der Waals surface area contributed by atoms with Crippen LogP contribution < -0.4 is 5.73 Å². The van der Waals surface area contributed by atoms with Crippen LogP contribution in [0.1, 0.15) is 22.2 Å². The van der Waals surface area contributed by atoms with E-state index in [1.165, 1.54) is 18.3 Å². The number of rotatable bonds is 3. The lowest BCUT2D eigenvalue weighted by atomic mass is 10.0. The minimum atomic E-state index is -1.77. The summed E-state index contributed by atoms with van der Waals surface area (Å²) < 4.78 is 19.0. The van der Waals surface area contributed by atoms with E-state index < -0.39 is 37.0 Å². The number of aliphatic hydroxyl groups excluding tert-OH is 2. The van der Waals surface area contributed by atoms with E-state index in [4.69, 9.17) is 15.6 Å². The molecule has 2 rings (SSSR count). The van der Waals surface area contributed by atoms with Gasteiger partial charge in [-0.15, -0.1) is 0 Å². The summed E-state index contributed by atoms with van der Waals surface area (Å²) >= 11 is 0. The van der Waals surface area contributed by atoms with E-state index in [-0.39, 0.29) is 11.3 Å². The van der Waals surface area contributed by atoms with E-state index in [1.807, 2.05) is 0 Å². The first-order valence-electron chi connectivity index (χ1n) is 5.39. The van der Waals surface area contributed by atoms with Crippen molar-refractivity contribution in [3.63, 3.8) is 0 Å². The molecule has 0 spiro atoms. The van der Waals surface area contributed by atoms with Crippen LogP contribution in [0.4, 0.5) is 4.39 Å². The maximum absolute atomic E-state index is 13.9. The second-order valence-electron chi connectivity index (χ2n) is 4.01. The number of pyridine rings is 1. The van der Waals surface area contributed by atoms with Crippen LogP contribution in [0.2, 0.25) is 0 Å². The van der Waals surface area contributed by atoms with Crippen LogP contribution >= 0.6 is 0 Å². The van der Waals surface area contributed by atoms with Crippen LogP contribution in [0.3, 0.4) is 0 Å². The number of nitrogens with two attached hydrogens (primary N) is 1. The second-order valence-corrected chi connectivity index (χ2v) is 4.01. The Labute approximate surface area is 102 Å². The van der Waals surface area contributed by atoms with Crippen molar-refractivity contribution in [2.75, 3.05) is 6.61 Å². The van der Waals surface area contributed by atoms with Crippen molar-refractivity contribution in [2.24, 2.45) is 5.73 Å². The van der Waals surface area contributed by atoms with Gasteiger partial charge in [0.1, 0.15) is 18.3 Å². The van der Waals surface area contributed by atoms with Gasteiger partial charge < -0.3 is 20.7 Å². The molecule has 0 radical (unpaired) electrons. The van der Waals surface area contributed by atoms with Gasteiger partial charge in [-0.25, -0.2) is 4.39 Å². The van der Waals surface area contributed by atoms with Crippen molar-refractivity contribution in [2.45, 2.75) is 24.5 Å². The van der Waals surface area contributed by atoms with Gasteiger partial charge in [0.05, 0.1) is 17.9 Å². The first kappa shape index (κ1) is 12.9. The van der Waals surface area contributed by atoms with Crippen molar-refractivity contribution in [1.82, 2.24) is 4.98 Å². The van der Waals surface area contributed by atoms with Crippen LogP contribution in [0.5, 0.6) is 0 Å². The summed E-state index contributed by atoms with van der Waals surface area (Å²) in [5, 5.41) is 18.4. The summed E-state index contributed by atoms with van der Waals surface area (Å²) in [6.07, 6.45) is -4.09. The van der Waals surface area contributed by atoms with E-state index in [1.54, 1.807) is 0 Å². The van der Waals surface area contributed by atoms with E-state index in [0.29, 0.717) is 0 Å². The molecule has 1 aromatic heterocycles. The number of carbonyl (C=O) groups excluding carboxylic acids is 1. The lowest BCUT2D eigenvalue weighted by molar-refractivity contribution is -0.0238. The third kappa shape index (κ3) is 2.07. The van der Waals surface area contributed by atoms with Gasteiger partial charge in [0.25, 0.3) is 5.91 Å². The molecule has 1 amide bonds. The summed E-state index contributed by atoms with van der Waals surface area (Å²) in [6.45, 7) is -0.517. The van der Waals surface area contributed by atoms with Crippen LogP contribution in [-0.2, 0) is 4.74 Å². The number of aromatic nitrogens is 1. The molecule has 0 aromatic carbocycles. The Morgan fingerprint density at radius 2 is 2.33 bits per heavy atom. The van der Waals surface area contributed by atoms with Gasteiger partial charge in [-0.3, -0.25) is 9.78 Å². The summed E-state index contributed by atoms with van der Waals surface area (Å²) in [5.74, 6) is -0.754. The fourth-order valence-corrected chi connectivity index (χ4v) is 1.95. The highest BCUT2D eigenvalue weighted by molar-refractivity contribution is 5.94. The predicted molar refractivity (Wildman–Crippen MR) is 58.4 cm³/mol. The Morgan fingerprint density at radius 3 is 2.89 bits per heavy atom. The Morgan fingerprint density at radius 1 is 1.61 bits per heavy atom. The minimum Gasteiger partial charge on any atom is -0.394 e. The molecule has 1 aliphatic rings. The van der Waals surface area contributed by atoms with Gasteiger partial charge in [0.2, 0.25) is 0 Å². The highest BCUT2D eigenvalue weighted by Crippen LogP contribution is 2.35. The molecule has 18 heavy (non-hydrogen) atoms. The number of nitrogens with zero attached hydrogens (tertiary/aromatic N) is 1. The van der Waals surface area contributed by atoms with E-state index >= 15 is 0 Å². The standard InChI is InChI=1S/C11H13FN2O4/c12-7-9(16)6(4-15)18-10(7)8-5(11(13)17)2-1-3-14-8/h1-3,6-7,9-10,15-16H,4H2,(H2,13,17)/t6-,7-,9-,10?/m1/s1. The third-order valence-corrected chi connectivity index (χ3v) is 2.87. The van der Waals surface area contributed by atoms with Crippen molar-refractivity contribution in [1.29, 1.82) is 0 Å². The zero-order valence-electron chi connectivity index (χ0n) is 9.36. The molecule has 0 bridgehead atoms. The molecule has 98 valence electrons. The van der Waals surface area contributed by atoms with Crippen molar-refractivity contribution < 1.29 is 24.1 Å². The highest BCUT2D eigenvalue weighted by atomic mass is 19.1. The number of aliphatic hydroxyl groups is 2. The van der Waals surface area contributed by atoms with Gasteiger partial charge in [0, 0.05) is 6.20 Å². The Balaban J connectivity index is 2.35. The van der Waals surface area contributed by atoms with Gasteiger partial charge in [-0.2, -0.15) is 0 Å². The van der Waals surface area contributed by atoms with Crippen molar-refractivity contribution in [3.8, 4) is 0 Å². The van der Waals surface area contributed by atoms with Crippen LogP contribution in [0.15, 0.2) is 18.3 Å². The van der Waals surface area contributed by atoms with Gasteiger partial charge in [0.15, 0.2) is 6.17 Å². The summed E-state index contributed by atoms with van der Waals surface area (Å²) in [5.41, 5.74) is 5.23. The Bertz CT molecular complexity index is 456. The molecule has 4 atom stereocenters. The van der Waals surface area contributed by atoms with Crippen molar-refractivity contribution >= 4 is 5.91 Å². The van der Waals surface area contributed by atoms with E-state index in [9.17, 15) is 14.3 Å². The largest absolute Gasteiger partial charge is 0.394 e. The third-order valence-electron chi connectivity index (χ3n) is 2.87. The maximum Gasteiger partial charge on any atom is 0.250 e. The number of primary amides is 1. The zero-order chi connectivity index (χ0) is 13.3. The molecule has 0 aliphatic carbocycles. The smallest absolute Gasteiger partial charge is 0.250 e. The predicted octanol–water partition coefficient (Wildman–Crippen LogP) is -0.688. The Hall–Kier alpha value is -1.57. The van der Waals surface area contributed by atoms with Crippen LogP contribution in [0.25, 0.3) is 0 Å². The minimum absolute atomic E-state index is 0.0347. The van der Waals surface area contributed by atoms with Crippen molar-refractivity contribution in [3.05, 3.63) is 29.6 Å². The monoisotopic (exact) mass is 256 g/mol. The highest BCUT2D eigenvalue weighted by Gasteiger charge is 2.46. The maximum atomic E-state index is 13.9. The number of carbonyl (C=O) groups is 1. The topological polar surface area (TPSA) is 106 Å². The SMILES string of the molecule is NC(=O)c1cccnc1C1O[C@H](CO)[C@@H](O)[C@H]1F. The van der Waals surface area contributed by atoms with E-state index in [2.05, 4.69) is 4.98 Å². The van der Waals surface area contributed by atoms with Crippen LogP contribution in [-0.4, -0.2) is 46.1 Å².